The number of carbonyl (C=O) groups is 1. The van der Waals surface area contributed by atoms with Crippen molar-refractivity contribution >= 4 is 22.9 Å². The standard InChI is InChI=1S/C21H21N5OS/c1-25(2)10-9-22-21(27)16-5-3-4-15(12-16)19-13-23-20-7-6-18(24-26(19)20)17-8-11-28-14-17/h3-8,11-14H,9-10H2,1-2H3,(H,22,27). The first-order valence-electron chi connectivity index (χ1n) is 9.02. The van der Waals surface area contributed by atoms with Gasteiger partial charge < -0.3 is 10.2 Å². The molecule has 6 nitrogen and oxygen atoms in total. The molecule has 0 atom stereocenters. The summed E-state index contributed by atoms with van der Waals surface area (Å²) in [5.41, 5.74) is 5.14. The Balaban J connectivity index is 1.65. The number of nitrogens with one attached hydrogen (secondary N) is 1. The minimum Gasteiger partial charge on any atom is -0.351 e. The predicted octanol–water partition coefficient (Wildman–Crippen LogP) is 3.42. The van der Waals surface area contributed by atoms with Crippen LogP contribution in [0.15, 0.2) is 59.4 Å². The molecule has 0 radical (unpaired) electrons. The molecule has 7 heteroatoms. The van der Waals surface area contributed by atoms with E-state index in [4.69, 9.17) is 5.10 Å². The molecule has 0 fully saturated rings. The molecule has 1 N–H and O–H groups in total. The zero-order chi connectivity index (χ0) is 19.5. The topological polar surface area (TPSA) is 62.5 Å². The summed E-state index contributed by atoms with van der Waals surface area (Å²) in [7, 11) is 3.96. The molecule has 28 heavy (non-hydrogen) atoms. The average molecular weight is 392 g/mol. The number of benzene rings is 1. The van der Waals surface area contributed by atoms with Crippen LogP contribution in [0.4, 0.5) is 0 Å². The van der Waals surface area contributed by atoms with E-state index in [0.29, 0.717) is 12.1 Å². The van der Waals surface area contributed by atoms with Crippen LogP contribution in [0.2, 0.25) is 0 Å². The van der Waals surface area contributed by atoms with Crippen LogP contribution >= 0.6 is 11.3 Å². The van der Waals surface area contributed by atoms with Crippen LogP contribution in [-0.4, -0.2) is 52.6 Å². The smallest absolute Gasteiger partial charge is 0.251 e. The molecule has 0 bridgehead atoms. The van der Waals surface area contributed by atoms with Crippen molar-refractivity contribution in [1.29, 1.82) is 0 Å². The zero-order valence-electron chi connectivity index (χ0n) is 15.8. The lowest BCUT2D eigenvalue weighted by Crippen LogP contribution is -2.31. The number of carbonyl (C=O) groups excluding carboxylic acids is 1. The van der Waals surface area contributed by atoms with Gasteiger partial charge in [-0.1, -0.05) is 12.1 Å². The molecular formula is C21H21N5OS. The molecule has 4 aromatic rings. The van der Waals surface area contributed by atoms with Gasteiger partial charge in [0.25, 0.3) is 5.91 Å². The largest absolute Gasteiger partial charge is 0.351 e. The Morgan fingerprint density at radius 2 is 2.07 bits per heavy atom. The van der Waals surface area contributed by atoms with Gasteiger partial charge in [0.2, 0.25) is 0 Å². The molecule has 0 aliphatic carbocycles. The molecule has 0 saturated carbocycles. The van der Waals surface area contributed by atoms with Crippen LogP contribution in [0, 0.1) is 0 Å². The molecule has 0 unspecified atom stereocenters. The van der Waals surface area contributed by atoms with Gasteiger partial charge in [0, 0.05) is 35.2 Å². The quantitative estimate of drug-likeness (QED) is 0.547. The van der Waals surface area contributed by atoms with Crippen molar-refractivity contribution in [2.75, 3.05) is 27.2 Å². The van der Waals surface area contributed by atoms with E-state index in [9.17, 15) is 4.79 Å². The monoisotopic (exact) mass is 391 g/mol. The van der Waals surface area contributed by atoms with E-state index in [1.807, 2.05) is 71.4 Å². The van der Waals surface area contributed by atoms with E-state index >= 15 is 0 Å². The molecule has 0 saturated heterocycles. The Kier molecular flexibility index (Phi) is 5.18. The third-order valence-corrected chi connectivity index (χ3v) is 5.13. The second-order valence-corrected chi connectivity index (χ2v) is 7.56. The van der Waals surface area contributed by atoms with Gasteiger partial charge in [0.1, 0.15) is 0 Å². The summed E-state index contributed by atoms with van der Waals surface area (Å²) < 4.78 is 1.83. The summed E-state index contributed by atoms with van der Waals surface area (Å²) in [5.74, 6) is -0.0792. The number of rotatable bonds is 6. The van der Waals surface area contributed by atoms with Crippen molar-refractivity contribution in [3.8, 4) is 22.5 Å². The van der Waals surface area contributed by atoms with Gasteiger partial charge in [-0.05, 0) is 49.8 Å². The highest BCUT2D eigenvalue weighted by molar-refractivity contribution is 7.08. The van der Waals surface area contributed by atoms with Gasteiger partial charge in [-0.25, -0.2) is 9.50 Å². The van der Waals surface area contributed by atoms with Gasteiger partial charge in [0.15, 0.2) is 5.65 Å². The maximum Gasteiger partial charge on any atom is 0.251 e. The Bertz CT molecular complexity index is 1100. The molecule has 4 rings (SSSR count). The zero-order valence-corrected chi connectivity index (χ0v) is 16.6. The molecule has 1 aromatic carbocycles. The van der Waals surface area contributed by atoms with Gasteiger partial charge in [-0.15, -0.1) is 0 Å². The number of hydrogen-bond acceptors (Lipinski definition) is 5. The molecule has 0 spiro atoms. The summed E-state index contributed by atoms with van der Waals surface area (Å²) in [6.45, 7) is 1.41. The first-order chi connectivity index (χ1) is 13.6. The molecular weight excluding hydrogens is 370 g/mol. The maximum absolute atomic E-state index is 12.5. The first-order valence-corrected chi connectivity index (χ1v) is 9.97. The SMILES string of the molecule is CN(C)CCNC(=O)c1cccc(-c2cnc3ccc(-c4ccsc4)nn23)c1. The molecule has 1 amide bonds. The fraction of sp³-hybridized carbons (Fsp3) is 0.190. The Morgan fingerprint density at radius 1 is 1.18 bits per heavy atom. The normalized spacial score (nSPS) is 11.2. The summed E-state index contributed by atoms with van der Waals surface area (Å²) in [5, 5.41) is 11.8. The second kappa shape index (κ2) is 7.92. The van der Waals surface area contributed by atoms with Crippen LogP contribution < -0.4 is 5.32 Å². The minimum absolute atomic E-state index is 0.0792. The third-order valence-electron chi connectivity index (χ3n) is 4.44. The van der Waals surface area contributed by atoms with Gasteiger partial charge in [0.05, 0.1) is 17.6 Å². The number of nitrogens with zero attached hydrogens (tertiary/aromatic N) is 4. The molecule has 3 aromatic heterocycles. The fourth-order valence-electron chi connectivity index (χ4n) is 2.95. The number of imidazole rings is 1. The third kappa shape index (κ3) is 3.81. The lowest BCUT2D eigenvalue weighted by Gasteiger charge is -2.11. The van der Waals surface area contributed by atoms with Crippen LogP contribution in [0.5, 0.6) is 0 Å². The van der Waals surface area contributed by atoms with E-state index in [0.717, 1.165) is 34.7 Å². The molecule has 142 valence electrons. The maximum atomic E-state index is 12.5. The van der Waals surface area contributed by atoms with Crippen molar-refractivity contribution in [1.82, 2.24) is 24.8 Å². The van der Waals surface area contributed by atoms with Gasteiger partial charge >= 0.3 is 0 Å². The summed E-state index contributed by atoms with van der Waals surface area (Å²) >= 11 is 1.64. The number of thiophene rings is 1. The Morgan fingerprint density at radius 3 is 2.86 bits per heavy atom. The average Bonchev–Trinajstić information content (AvgIpc) is 3.37. The van der Waals surface area contributed by atoms with Crippen molar-refractivity contribution in [3.63, 3.8) is 0 Å². The Hall–Kier alpha value is -3.03. The predicted molar refractivity (Wildman–Crippen MR) is 113 cm³/mol. The lowest BCUT2D eigenvalue weighted by atomic mass is 10.1. The molecule has 3 heterocycles. The van der Waals surface area contributed by atoms with E-state index < -0.39 is 0 Å². The lowest BCUT2D eigenvalue weighted by molar-refractivity contribution is 0.0951. The van der Waals surface area contributed by atoms with Crippen molar-refractivity contribution < 1.29 is 4.79 Å². The van der Waals surface area contributed by atoms with Crippen LogP contribution in [0.25, 0.3) is 28.2 Å². The van der Waals surface area contributed by atoms with Gasteiger partial charge in [-0.2, -0.15) is 16.4 Å². The number of amides is 1. The summed E-state index contributed by atoms with van der Waals surface area (Å²) in [6, 6.07) is 13.5. The van der Waals surface area contributed by atoms with Crippen LogP contribution in [-0.2, 0) is 0 Å². The Labute approximate surface area is 167 Å². The summed E-state index contributed by atoms with van der Waals surface area (Å²) in [6.07, 6.45) is 1.79. The molecule has 0 aliphatic heterocycles. The van der Waals surface area contributed by atoms with E-state index in [2.05, 4.69) is 15.7 Å². The van der Waals surface area contributed by atoms with Crippen molar-refractivity contribution in [3.05, 3.63) is 65.0 Å². The second-order valence-electron chi connectivity index (χ2n) is 6.78. The van der Waals surface area contributed by atoms with Crippen LogP contribution in [0.3, 0.4) is 0 Å². The van der Waals surface area contributed by atoms with Crippen molar-refractivity contribution in [2.45, 2.75) is 0 Å². The highest BCUT2D eigenvalue weighted by Crippen LogP contribution is 2.24. The highest BCUT2D eigenvalue weighted by Gasteiger charge is 2.12. The molecule has 0 aliphatic rings. The van der Waals surface area contributed by atoms with Crippen LogP contribution in [0.1, 0.15) is 10.4 Å². The van der Waals surface area contributed by atoms with E-state index in [1.165, 1.54) is 0 Å². The number of aromatic nitrogens is 3. The number of fused-ring (bicyclic) bond motifs is 1. The summed E-state index contributed by atoms with van der Waals surface area (Å²) in [4.78, 5) is 18.9. The number of likely N-dealkylation sites (N-methyl/N-ethyl adjacent to an activating group) is 1. The van der Waals surface area contributed by atoms with Gasteiger partial charge in [-0.3, -0.25) is 4.79 Å². The van der Waals surface area contributed by atoms with Crippen molar-refractivity contribution in [2.24, 2.45) is 0 Å². The van der Waals surface area contributed by atoms with E-state index in [1.54, 1.807) is 17.5 Å². The highest BCUT2D eigenvalue weighted by atomic mass is 32.1. The fourth-order valence-corrected chi connectivity index (χ4v) is 3.60. The minimum atomic E-state index is -0.0792. The first kappa shape index (κ1) is 18.3. The number of hydrogen-bond donors (Lipinski definition) is 1. The van der Waals surface area contributed by atoms with E-state index in [-0.39, 0.29) is 5.91 Å².